The number of halogens is 1. The minimum Gasteiger partial charge on any atom is -1.00 e. The van der Waals surface area contributed by atoms with Gasteiger partial charge in [-0.25, -0.2) is 8.42 Å². The highest BCUT2D eigenvalue weighted by Gasteiger charge is 2.20. The van der Waals surface area contributed by atoms with E-state index in [0.29, 0.717) is 11.7 Å². The van der Waals surface area contributed by atoms with Crippen molar-refractivity contribution in [3.8, 4) is 0 Å². The van der Waals surface area contributed by atoms with E-state index < -0.39 is 10.0 Å². The summed E-state index contributed by atoms with van der Waals surface area (Å²) in [5, 5.41) is 1.95. The van der Waals surface area contributed by atoms with E-state index >= 15 is 0 Å². The molecule has 4 nitrogen and oxygen atoms in total. The van der Waals surface area contributed by atoms with Crippen molar-refractivity contribution in [2.24, 2.45) is 0 Å². The molecule has 0 saturated heterocycles. The molecule has 3 aromatic rings. The molecule has 0 unspecified atom stereocenters. The second-order valence-electron chi connectivity index (χ2n) is 7.98. The molecule has 0 aromatic heterocycles. The van der Waals surface area contributed by atoms with Gasteiger partial charge in [-0.05, 0) is 54.4 Å². The highest BCUT2D eigenvalue weighted by molar-refractivity contribution is 7.92. The van der Waals surface area contributed by atoms with Gasteiger partial charge in [0.2, 0.25) is 0 Å². The molecule has 6 heteroatoms. The van der Waals surface area contributed by atoms with E-state index in [1.807, 2.05) is 54.6 Å². The molecular weight excluding hydrogens is 416 g/mol. The van der Waals surface area contributed by atoms with Crippen LogP contribution in [0.2, 0.25) is 0 Å². The van der Waals surface area contributed by atoms with Gasteiger partial charge in [-0.3, -0.25) is 9.62 Å². The van der Waals surface area contributed by atoms with Crippen molar-refractivity contribution in [2.75, 3.05) is 11.8 Å². The summed E-state index contributed by atoms with van der Waals surface area (Å²) >= 11 is 0. The van der Waals surface area contributed by atoms with Gasteiger partial charge < -0.3 is 12.4 Å². The minimum atomic E-state index is -3.66. The first-order valence-corrected chi connectivity index (χ1v) is 11.8. The van der Waals surface area contributed by atoms with Crippen molar-refractivity contribution in [2.45, 2.75) is 49.6 Å². The number of rotatable bonds is 6. The Balaban J connectivity index is 0.00000256. The monoisotopic (exact) mass is 443 g/mol. The van der Waals surface area contributed by atoms with Crippen molar-refractivity contribution >= 4 is 26.5 Å². The maximum Gasteiger partial charge on any atom is 0.261 e. The molecule has 0 spiro atoms. The quantitative estimate of drug-likeness (QED) is 0.636. The molecule has 1 fully saturated rings. The van der Waals surface area contributed by atoms with Gasteiger partial charge in [0.1, 0.15) is 0 Å². The lowest BCUT2D eigenvalue weighted by atomic mass is 9.94. The highest BCUT2D eigenvalue weighted by atomic mass is 35.5. The number of hydrogen-bond acceptors (Lipinski definition) is 3. The average Bonchev–Trinajstić information content (AvgIpc) is 2.75. The van der Waals surface area contributed by atoms with Crippen LogP contribution in [-0.2, 0) is 16.6 Å². The summed E-state index contributed by atoms with van der Waals surface area (Å²) in [6.07, 6.45) is 6.34. The van der Waals surface area contributed by atoms with E-state index in [9.17, 15) is 8.42 Å². The molecule has 0 atom stereocenters. The lowest BCUT2D eigenvalue weighted by Gasteiger charge is -2.31. The van der Waals surface area contributed by atoms with E-state index in [4.69, 9.17) is 0 Å². The van der Waals surface area contributed by atoms with Crippen LogP contribution >= 0.6 is 0 Å². The molecule has 160 valence electrons. The summed E-state index contributed by atoms with van der Waals surface area (Å²) < 4.78 is 28.9. The van der Waals surface area contributed by atoms with Crippen LogP contribution in [0.4, 0.5) is 5.69 Å². The van der Waals surface area contributed by atoms with Gasteiger partial charge in [0.15, 0.2) is 0 Å². The predicted octanol–water partition coefficient (Wildman–Crippen LogP) is 2.41. The highest BCUT2D eigenvalue weighted by Crippen LogP contribution is 2.27. The Kier molecular flexibility index (Phi) is 7.40. The Labute approximate surface area is 185 Å². The van der Waals surface area contributed by atoms with E-state index in [2.05, 4.69) is 16.7 Å². The molecule has 1 N–H and O–H groups in total. The molecular formula is C24H28ClN2O2S-. The fourth-order valence-electron chi connectivity index (χ4n) is 4.22. The van der Waals surface area contributed by atoms with Crippen LogP contribution < -0.4 is 17.1 Å². The number of fused-ring (bicyclic) bond motifs is 1. The molecule has 0 bridgehead atoms. The van der Waals surface area contributed by atoms with E-state index in [1.165, 1.54) is 32.1 Å². The summed E-state index contributed by atoms with van der Waals surface area (Å²) in [5.41, 5.74) is 1.66. The van der Waals surface area contributed by atoms with Gasteiger partial charge >= 0.3 is 0 Å². The summed E-state index contributed by atoms with van der Waals surface area (Å²) in [7, 11) is -1.51. The molecule has 0 heterocycles. The number of para-hydroxylation sites is 1. The Morgan fingerprint density at radius 2 is 1.57 bits per heavy atom. The van der Waals surface area contributed by atoms with Crippen molar-refractivity contribution in [3.05, 3.63) is 72.3 Å². The lowest BCUT2D eigenvalue weighted by molar-refractivity contribution is -0.00000823. The third-order valence-corrected chi connectivity index (χ3v) is 7.27. The topological polar surface area (TPSA) is 49.4 Å². The second-order valence-corrected chi connectivity index (χ2v) is 9.66. The lowest BCUT2D eigenvalue weighted by Crippen LogP contribution is -3.00. The SMILES string of the molecule is CN(Cc1ccccc1NS(=O)(=O)c1ccc2ccccc2c1)C1CCCCC1.[Cl-]. The molecule has 0 amide bonds. The molecule has 3 aromatic carbocycles. The third-order valence-electron chi connectivity index (χ3n) is 5.91. The minimum absolute atomic E-state index is 0. The number of sulfonamides is 1. The van der Waals surface area contributed by atoms with Gasteiger partial charge in [0.05, 0.1) is 10.6 Å². The van der Waals surface area contributed by atoms with Crippen molar-refractivity contribution in [3.63, 3.8) is 0 Å². The first kappa shape index (κ1) is 22.6. The zero-order valence-electron chi connectivity index (χ0n) is 17.2. The number of nitrogens with one attached hydrogen (secondary N) is 1. The molecule has 30 heavy (non-hydrogen) atoms. The standard InChI is InChI=1S/C24H28N2O2S.ClH/c1-26(22-12-3-2-4-13-22)18-21-11-7-8-14-24(21)25-29(27,28)23-16-15-19-9-5-6-10-20(19)17-23;/h5-11,14-17,22,25H,2-4,12-13,18H2,1H3;1H/p-1. The Hall–Kier alpha value is -2.08. The van der Waals surface area contributed by atoms with Crippen molar-refractivity contribution in [1.82, 2.24) is 4.90 Å². The molecule has 1 saturated carbocycles. The Morgan fingerprint density at radius 3 is 2.33 bits per heavy atom. The predicted molar refractivity (Wildman–Crippen MR) is 120 cm³/mol. The first-order valence-electron chi connectivity index (χ1n) is 10.3. The van der Waals surface area contributed by atoms with Gasteiger partial charge in [-0.15, -0.1) is 0 Å². The van der Waals surface area contributed by atoms with Crippen LogP contribution in [0.1, 0.15) is 37.7 Å². The maximum atomic E-state index is 13.1. The van der Waals surface area contributed by atoms with Gasteiger partial charge in [-0.1, -0.05) is 67.8 Å². The average molecular weight is 444 g/mol. The zero-order chi connectivity index (χ0) is 20.3. The van der Waals surface area contributed by atoms with Crippen molar-refractivity contribution < 1.29 is 20.8 Å². The molecule has 0 aliphatic heterocycles. The van der Waals surface area contributed by atoms with Crippen LogP contribution in [0, 0.1) is 0 Å². The molecule has 1 aliphatic carbocycles. The fraction of sp³-hybridized carbons (Fsp3) is 0.333. The van der Waals surface area contributed by atoms with Gasteiger partial charge in [0, 0.05) is 12.6 Å². The normalized spacial score (nSPS) is 15.1. The Bertz CT molecular complexity index is 1100. The van der Waals surface area contributed by atoms with Crippen LogP contribution in [0.5, 0.6) is 0 Å². The van der Waals surface area contributed by atoms with Crippen LogP contribution in [0.15, 0.2) is 71.6 Å². The summed E-state index contributed by atoms with van der Waals surface area (Å²) in [6.45, 7) is 0.737. The zero-order valence-corrected chi connectivity index (χ0v) is 18.8. The molecule has 0 radical (unpaired) electrons. The van der Waals surface area contributed by atoms with E-state index in [-0.39, 0.29) is 17.3 Å². The Morgan fingerprint density at radius 1 is 0.900 bits per heavy atom. The van der Waals surface area contributed by atoms with Crippen LogP contribution in [-0.4, -0.2) is 26.4 Å². The first-order chi connectivity index (χ1) is 14.0. The van der Waals surface area contributed by atoms with Crippen LogP contribution in [0.3, 0.4) is 0 Å². The number of anilines is 1. The van der Waals surface area contributed by atoms with Gasteiger partial charge in [0.25, 0.3) is 10.0 Å². The number of hydrogen-bond donors (Lipinski definition) is 1. The molecule has 1 aliphatic rings. The summed E-state index contributed by atoms with van der Waals surface area (Å²) in [5.74, 6) is 0. The fourth-order valence-corrected chi connectivity index (χ4v) is 5.35. The second kappa shape index (κ2) is 9.82. The number of benzene rings is 3. The summed E-state index contributed by atoms with van der Waals surface area (Å²) in [6, 6.07) is 21.3. The molecule has 4 rings (SSSR count). The van der Waals surface area contributed by atoms with Crippen LogP contribution in [0.25, 0.3) is 10.8 Å². The smallest absolute Gasteiger partial charge is 0.261 e. The van der Waals surface area contributed by atoms with E-state index in [0.717, 1.165) is 22.9 Å². The third kappa shape index (κ3) is 5.15. The maximum absolute atomic E-state index is 13.1. The van der Waals surface area contributed by atoms with E-state index in [1.54, 1.807) is 12.1 Å². The largest absolute Gasteiger partial charge is 1.00 e. The van der Waals surface area contributed by atoms with Crippen molar-refractivity contribution in [1.29, 1.82) is 0 Å². The van der Waals surface area contributed by atoms with Gasteiger partial charge in [-0.2, -0.15) is 0 Å². The summed E-state index contributed by atoms with van der Waals surface area (Å²) in [4.78, 5) is 2.65. The number of nitrogens with zero attached hydrogens (tertiary/aromatic N) is 1.